The number of carbonyl (C=O) groups excluding carboxylic acids is 1. The molecule has 1 atom stereocenters. The van der Waals surface area contributed by atoms with Gasteiger partial charge in [0.2, 0.25) is 10.0 Å². The Morgan fingerprint density at radius 3 is 2.70 bits per heavy atom. The van der Waals surface area contributed by atoms with E-state index in [2.05, 4.69) is 16.6 Å². The molecule has 0 radical (unpaired) electrons. The van der Waals surface area contributed by atoms with Crippen molar-refractivity contribution in [1.82, 2.24) is 10.0 Å². The molecular weight excluding hydrogens is 404 g/mol. The largest absolute Gasteiger partial charge is 0.494 e. The van der Waals surface area contributed by atoms with Crippen LogP contribution in [0.1, 0.15) is 35.3 Å². The average molecular weight is 431 g/mol. The Balaban J connectivity index is 1.70. The second-order valence-electron chi connectivity index (χ2n) is 6.98. The number of rotatable bonds is 9. The molecule has 2 N–H and O–H groups in total. The highest BCUT2D eigenvalue weighted by Gasteiger charge is 2.22. The summed E-state index contributed by atoms with van der Waals surface area (Å²) in [5.41, 5.74) is 2.29. The number of hydrogen-bond acceptors (Lipinski definition) is 5. The van der Waals surface area contributed by atoms with Gasteiger partial charge in [-0.2, -0.15) is 0 Å². The van der Waals surface area contributed by atoms with Crippen LogP contribution in [0.4, 0.5) is 0 Å². The van der Waals surface area contributed by atoms with Crippen LogP contribution in [-0.2, 0) is 23.0 Å². The Morgan fingerprint density at radius 1 is 1.30 bits per heavy atom. The molecule has 3 rings (SSSR count). The standard InChI is InChI=1S/C22H26N2O5S/c1-4-10-24-30(26,27)19-8-6-16(7-9-19)22(25)23-14-18-13-21-17(11-15(3)29-21)12-20(18)28-5-2/h4,6-9,12-13,15,24H,1,5,10-11,14H2,2-3H3,(H,23,25). The third-order valence-electron chi connectivity index (χ3n) is 4.66. The van der Waals surface area contributed by atoms with Crippen LogP contribution in [0.15, 0.2) is 53.9 Å². The van der Waals surface area contributed by atoms with Gasteiger partial charge in [-0.15, -0.1) is 6.58 Å². The molecule has 1 amide bonds. The molecule has 160 valence electrons. The smallest absolute Gasteiger partial charge is 0.251 e. The van der Waals surface area contributed by atoms with Gasteiger partial charge in [-0.3, -0.25) is 4.79 Å². The Kier molecular flexibility index (Phi) is 6.79. The van der Waals surface area contributed by atoms with E-state index in [1.807, 2.05) is 26.0 Å². The molecule has 7 nitrogen and oxygen atoms in total. The Hall–Kier alpha value is -2.84. The summed E-state index contributed by atoms with van der Waals surface area (Å²) in [6.07, 6.45) is 2.41. The van der Waals surface area contributed by atoms with E-state index in [-0.39, 0.29) is 30.0 Å². The summed E-state index contributed by atoms with van der Waals surface area (Å²) < 4.78 is 38.2. The lowest BCUT2D eigenvalue weighted by Crippen LogP contribution is -2.25. The first-order valence-electron chi connectivity index (χ1n) is 9.78. The third kappa shape index (κ3) is 5.01. The van der Waals surface area contributed by atoms with E-state index >= 15 is 0 Å². The molecule has 8 heteroatoms. The van der Waals surface area contributed by atoms with Gasteiger partial charge in [-0.05, 0) is 50.2 Å². The van der Waals surface area contributed by atoms with Crippen LogP contribution in [-0.4, -0.2) is 33.6 Å². The van der Waals surface area contributed by atoms with Crippen molar-refractivity contribution in [1.29, 1.82) is 0 Å². The van der Waals surface area contributed by atoms with Gasteiger partial charge in [0.05, 0.1) is 11.5 Å². The third-order valence-corrected chi connectivity index (χ3v) is 6.10. The molecule has 0 saturated carbocycles. The van der Waals surface area contributed by atoms with Gasteiger partial charge in [0.1, 0.15) is 17.6 Å². The van der Waals surface area contributed by atoms with E-state index < -0.39 is 10.0 Å². The van der Waals surface area contributed by atoms with Gasteiger partial charge in [0, 0.05) is 36.2 Å². The highest BCUT2D eigenvalue weighted by Crippen LogP contribution is 2.35. The lowest BCUT2D eigenvalue weighted by Gasteiger charge is -2.13. The zero-order valence-corrected chi connectivity index (χ0v) is 17.9. The highest BCUT2D eigenvalue weighted by molar-refractivity contribution is 7.89. The minimum atomic E-state index is -3.63. The van der Waals surface area contributed by atoms with E-state index in [1.165, 1.54) is 30.3 Å². The summed E-state index contributed by atoms with van der Waals surface area (Å²) in [7, 11) is -3.63. The summed E-state index contributed by atoms with van der Waals surface area (Å²) >= 11 is 0. The minimum absolute atomic E-state index is 0.0874. The molecule has 1 aliphatic rings. The quantitative estimate of drug-likeness (QED) is 0.597. The van der Waals surface area contributed by atoms with E-state index in [9.17, 15) is 13.2 Å². The fourth-order valence-electron chi connectivity index (χ4n) is 3.22. The number of ether oxygens (including phenoxy) is 2. The van der Waals surface area contributed by atoms with Gasteiger partial charge in [-0.25, -0.2) is 13.1 Å². The minimum Gasteiger partial charge on any atom is -0.494 e. The topological polar surface area (TPSA) is 93.7 Å². The van der Waals surface area contributed by atoms with Gasteiger partial charge in [0.15, 0.2) is 0 Å². The number of fused-ring (bicyclic) bond motifs is 1. The predicted octanol–water partition coefficient (Wildman–Crippen LogP) is 2.80. The lowest BCUT2D eigenvalue weighted by molar-refractivity contribution is 0.0950. The average Bonchev–Trinajstić information content (AvgIpc) is 3.09. The molecule has 2 aromatic carbocycles. The second-order valence-corrected chi connectivity index (χ2v) is 8.75. The van der Waals surface area contributed by atoms with E-state index in [4.69, 9.17) is 9.47 Å². The maximum absolute atomic E-state index is 12.5. The van der Waals surface area contributed by atoms with E-state index in [0.717, 1.165) is 29.0 Å². The summed E-state index contributed by atoms with van der Waals surface area (Å²) in [6.45, 7) is 8.33. The van der Waals surface area contributed by atoms with Crippen LogP contribution in [0, 0.1) is 0 Å². The predicted molar refractivity (Wildman–Crippen MR) is 114 cm³/mol. The van der Waals surface area contributed by atoms with Crippen molar-refractivity contribution in [3.8, 4) is 11.5 Å². The molecule has 0 bridgehead atoms. The van der Waals surface area contributed by atoms with Crippen LogP contribution in [0.2, 0.25) is 0 Å². The normalized spacial score (nSPS) is 15.2. The molecule has 0 aliphatic carbocycles. The van der Waals surface area contributed by atoms with Gasteiger partial charge in [0.25, 0.3) is 5.91 Å². The molecule has 2 aromatic rings. The molecule has 0 aromatic heterocycles. The maximum atomic E-state index is 12.5. The molecular formula is C22H26N2O5S. The van der Waals surface area contributed by atoms with Crippen molar-refractivity contribution in [2.75, 3.05) is 13.2 Å². The second kappa shape index (κ2) is 9.32. The summed E-state index contributed by atoms with van der Waals surface area (Å²) in [5, 5.41) is 2.86. The lowest BCUT2D eigenvalue weighted by atomic mass is 10.1. The fourth-order valence-corrected chi connectivity index (χ4v) is 4.22. The Morgan fingerprint density at radius 2 is 2.03 bits per heavy atom. The zero-order chi connectivity index (χ0) is 21.7. The molecule has 0 fully saturated rings. The molecule has 1 unspecified atom stereocenters. The van der Waals surface area contributed by atoms with Crippen LogP contribution < -0.4 is 19.5 Å². The monoisotopic (exact) mass is 430 g/mol. The van der Waals surface area contributed by atoms with Crippen LogP contribution in [0.25, 0.3) is 0 Å². The number of hydrogen-bond donors (Lipinski definition) is 2. The molecule has 1 heterocycles. The van der Waals surface area contributed by atoms with Gasteiger partial charge < -0.3 is 14.8 Å². The van der Waals surface area contributed by atoms with E-state index in [0.29, 0.717) is 12.2 Å². The molecule has 0 spiro atoms. The van der Waals surface area contributed by atoms with E-state index in [1.54, 1.807) is 0 Å². The zero-order valence-electron chi connectivity index (χ0n) is 17.1. The summed E-state index contributed by atoms with van der Waals surface area (Å²) in [5.74, 6) is 1.23. The number of sulfonamides is 1. The number of nitrogens with one attached hydrogen (secondary N) is 2. The van der Waals surface area contributed by atoms with Gasteiger partial charge in [-0.1, -0.05) is 6.08 Å². The molecule has 1 aliphatic heterocycles. The first-order chi connectivity index (χ1) is 14.3. The first kappa shape index (κ1) is 21.9. The number of amides is 1. The van der Waals surface area contributed by atoms with Crippen molar-refractivity contribution in [3.63, 3.8) is 0 Å². The summed E-state index contributed by atoms with van der Waals surface area (Å²) in [4.78, 5) is 12.6. The van der Waals surface area contributed by atoms with Crippen LogP contribution in [0.3, 0.4) is 0 Å². The number of benzene rings is 2. The van der Waals surface area contributed by atoms with Crippen molar-refractivity contribution < 1.29 is 22.7 Å². The van der Waals surface area contributed by atoms with Crippen LogP contribution in [0.5, 0.6) is 11.5 Å². The fraction of sp³-hybridized carbons (Fsp3) is 0.318. The Labute approximate surface area is 177 Å². The van der Waals surface area contributed by atoms with Crippen molar-refractivity contribution in [2.24, 2.45) is 0 Å². The summed E-state index contributed by atoms with van der Waals surface area (Å²) in [6, 6.07) is 9.64. The van der Waals surface area contributed by atoms with Crippen molar-refractivity contribution >= 4 is 15.9 Å². The van der Waals surface area contributed by atoms with Crippen LogP contribution >= 0.6 is 0 Å². The number of carbonyl (C=O) groups is 1. The highest BCUT2D eigenvalue weighted by atomic mass is 32.2. The first-order valence-corrected chi connectivity index (χ1v) is 11.3. The van der Waals surface area contributed by atoms with Crippen molar-refractivity contribution in [3.05, 3.63) is 65.7 Å². The van der Waals surface area contributed by atoms with Crippen molar-refractivity contribution in [2.45, 2.75) is 37.8 Å². The van der Waals surface area contributed by atoms with Gasteiger partial charge >= 0.3 is 0 Å². The SMILES string of the molecule is C=CCNS(=O)(=O)c1ccc(C(=O)NCc2cc3c(cc2OCC)CC(C)O3)cc1. The Bertz CT molecular complexity index is 1030. The molecule has 0 saturated heterocycles. The molecule has 30 heavy (non-hydrogen) atoms. The maximum Gasteiger partial charge on any atom is 0.251 e.